The molecule has 0 atom stereocenters. The van der Waals surface area contributed by atoms with Gasteiger partial charge in [-0.15, -0.1) is 0 Å². The lowest BCUT2D eigenvalue weighted by molar-refractivity contribution is -0.145. The molecule has 1 saturated heterocycles. The second-order valence-electron chi connectivity index (χ2n) is 4.98. The van der Waals surface area contributed by atoms with Crippen LogP contribution in [-0.4, -0.2) is 73.6 Å². The summed E-state index contributed by atoms with van der Waals surface area (Å²) in [5, 5.41) is 0. The van der Waals surface area contributed by atoms with Crippen molar-refractivity contribution >= 4 is 17.8 Å². The van der Waals surface area contributed by atoms with E-state index in [1.54, 1.807) is 11.8 Å². The van der Waals surface area contributed by atoms with Gasteiger partial charge in [-0.25, -0.2) is 4.79 Å². The van der Waals surface area contributed by atoms with Crippen molar-refractivity contribution in [2.45, 2.75) is 26.7 Å². The third kappa shape index (κ3) is 7.08. The van der Waals surface area contributed by atoms with Crippen LogP contribution in [0, 0.1) is 0 Å². The zero-order valence-corrected chi connectivity index (χ0v) is 12.8. The molecule has 7 heteroatoms. The van der Waals surface area contributed by atoms with E-state index in [0.717, 1.165) is 26.1 Å². The highest BCUT2D eigenvalue weighted by atomic mass is 16.6. The third-order valence-corrected chi connectivity index (χ3v) is 3.17. The zero-order valence-electron chi connectivity index (χ0n) is 12.8. The predicted molar refractivity (Wildman–Crippen MR) is 75.9 cm³/mol. The van der Waals surface area contributed by atoms with E-state index in [-0.39, 0.29) is 18.3 Å². The van der Waals surface area contributed by atoms with Gasteiger partial charge >= 0.3 is 12.1 Å². The number of hydrogen-bond donors (Lipinski definition) is 0. The highest BCUT2D eigenvalue weighted by molar-refractivity contribution is 5.94. The van der Waals surface area contributed by atoms with Crippen LogP contribution in [0.3, 0.4) is 0 Å². The van der Waals surface area contributed by atoms with E-state index in [4.69, 9.17) is 9.47 Å². The van der Waals surface area contributed by atoms with Crippen molar-refractivity contribution in [2.24, 2.45) is 0 Å². The van der Waals surface area contributed by atoms with Gasteiger partial charge in [0.15, 0.2) is 0 Å². The van der Waals surface area contributed by atoms with Crippen LogP contribution in [-0.2, 0) is 19.1 Å². The van der Waals surface area contributed by atoms with Crippen LogP contribution in [0.25, 0.3) is 0 Å². The molecule has 0 spiro atoms. The molecule has 0 radical (unpaired) electrons. The number of esters is 1. The molecule has 0 aromatic rings. The number of ketones is 1. The fourth-order valence-electron chi connectivity index (χ4n) is 2.10. The summed E-state index contributed by atoms with van der Waals surface area (Å²) in [6, 6.07) is 0. The summed E-state index contributed by atoms with van der Waals surface area (Å²) in [5.41, 5.74) is 0. The molecule has 0 N–H and O–H groups in total. The average molecular weight is 300 g/mol. The molecular formula is C14H24N2O5. The van der Waals surface area contributed by atoms with E-state index >= 15 is 0 Å². The number of nitrogens with zero attached hydrogens (tertiary/aromatic N) is 2. The number of ether oxygens (including phenoxy) is 2. The number of carbonyl (C=O) groups excluding carboxylic acids is 3. The van der Waals surface area contributed by atoms with Gasteiger partial charge in [0, 0.05) is 32.7 Å². The topological polar surface area (TPSA) is 76.2 Å². The van der Waals surface area contributed by atoms with Gasteiger partial charge in [-0.3, -0.25) is 14.5 Å². The van der Waals surface area contributed by atoms with Crippen molar-refractivity contribution in [1.82, 2.24) is 9.80 Å². The molecule has 1 aliphatic heterocycles. The smallest absolute Gasteiger partial charge is 0.409 e. The first-order valence-corrected chi connectivity index (χ1v) is 7.32. The first-order chi connectivity index (χ1) is 10.0. The maximum absolute atomic E-state index is 11.5. The van der Waals surface area contributed by atoms with Crippen molar-refractivity contribution in [2.75, 3.05) is 45.9 Å². The van der Waals surface area contributed by atoms with Gasteiger partial charge in [0.25, 0.3) is 0 Å². The van der Waals surface area contributed by atoms with Crippen molar-refractivity contribution in [3.05, 3.63) is 0 Å². The standard InChI is InChI=1S/C14H24N2O5/c1-3-20-14(19)16-8-6-15(7-9-16)5-4-10-21-13(18)11-12(2)17/h3-11H2,1-2H3. The quantitative estimate of drug-likeness (QED) is 0.391. The minimum atomic E-state index is -0.463. The molecule has 7 nitrogen and oxygen atoms in total. The van der Waals surface area contributed by atoms with Gasteiger partial charge in [0.2, 0.25) is 0 Å². The third-order valence-electron chi connectivity index (χ3n) is 3.17. The SMILES string of the molecule is CCOC(=O)N1CCN(CCCOC(=O)CC(C)=O)CC1. The second-order valence-corrected chi connectivity index (χ2v) is 4.98. The Balaban J connectivity index is 2.09. The van der Waals surface area contributed by atoms with Crippen LogP contribution in [0.5, 0.6) is 0 Å². The van der Waals surface area contributed by atoms with E-state index in [9.17, 15) is 14.4 Å². The van der Waals surface area contributed by atoms with Gasteiger partial charge in [-0.1, -0.05) is 0 Å². The molecule has 1 aliphatic rings. The largest absolute Gasteiger partial charge is 0.465 e. The van der Waals surface area contributed by atoms with Crippen LogP contribution in [0.15, 0.2) is 0 Å². The Labute approximate surface area is 125 Å². The summed E-state index contributed by atoms with van der Waals surface area (Å²) in [6.45, 7) is 7.58. The number of hydrogen-bond acceptors (Lipinski definition) is 6. The first-order valence-electron chi connectivity index (χ1n) is 7.32. The van der Waals surface area contributed by atoms with Crippen molar-refractivity contribution in [3.8, 4) is 0 Å². The van der Waals surface area contributed by atoms with Gasteiger partial charge in [0.05, 0.1) is 13.2 Å². The molecule has 0 aromatic carbocycles. The highest BCUT2D eigenvalue weighted by Crippen LogP contribution is 2.04. The zero-order chi connectivity index (χ0) is 15.7. The minimum Gasteiger partial charge on any atom is -0.465 e. The molecule has 1 amide bonds. The van der Waals surface area contributed by atoms with Crippen LogP contribution in [0.1, 0.15) is 26.7 Å². The van der Waals surface area contributed by atoms with Crippen LogP contribution >= 0.6 is 0 Å². The Morgan fingerprint density at radius 3 is 2.29 bits per heavy atom. The fourth-order valence-corrected chi connectivity index (χ4v) is 2.10. The fraction of sp³-hybridized carbons (Fsp3) is 0.786. The van der Waals surface area contributed by atoms with Gasteiger partial charge in [-0.05, 0) is 20.3 Å². The first kappa shape index (κ1) is 17.4. The molecule has 0 unspecified atom stereocenters. The summed E-state index contributed by atoms with van der Waals surface area (Å²) in [4.78, 5) is 37.3. The van der Waals surface area contributed by atoms with E-state index in [0.29, 0.717) is 26.3 Å². The maximum Gasteiger partial charge on any atom is 0.409 e. The molecule has 120 valence electrons. The van der Waals surface area contributed by atoms with E-state index in [1.165, 1.54) is 6.92 Å². The minimum absolute atomic E-state index is 0.155. The lowest BCUT2D eigenvalue weighted by Gasteiger charge is -2.33. The summed E-state index contributed by atoms with van der Waals surface area (Å²) < 4.78 is 9.92. The molecule has 1 fully saturated rings. The molecule has 21 heavy (non-hydrogen) atoms. The normalized spacial score (nSPS) is 15.6. The molecular weight excluding hydrogens is 276 g/mol. The van der Waals surface area contributed by atoms with Crippen molar-refractivity contribution in [1.29, 1.82) is 0 Å². The second kappa shape index (κ2) is 9.33. The summed E-state index contributed by atoms with van der Waals surface area (Å²) in [6.07, 6.45) is 0.316. The lowest BCUT2D eigenvalue weighted by Crippen LogP contribution is -2.49. The Morgan fingerprint density at radius 1 is 1.05 bits per heavy atom. The summed E-state index contributed by atoms with van der Waals surface area (Å²) in [7, 11) is 0. The average Bonchev–Trinajstić information content (AvgIpc) is 2.44. The number of carbonyl (C=O) groups is 3. The Morgan fingerprint density at radius 2 is 1.71 bits per heavy atom. The lowest BCUT2D eigenvalue weighted by atomic mass is 10.3. The van der Waals surface area contributed by atoms with Crippen LogP contribution in [0.2, 0.25) is 0 Å². The van der Waals surface area contributed by atoms with E-state index < -0.39 is 5.97 Å². The molecule has 0 bridgehead atoms. The maximum atomic E-state index is 11.5. The molecule has 0 aromatic heterocycles. The van der Waals surface area contributed by atoms with Crippen molar-refractivity contribution < 1.29 is 23.9 Å². The van der Waals surface area contributed by atoms with E-state index in [2.05, 4.69) is 4.90 Å². The summed E-state index contributed by atoms with van der Waals surface area (Å²) >= 11 is 0. The van der Waals surface area contributed by atoms with Crippen LogP contribution < -0.4 is 0 Å². The summed E-state index contributed by atoms with van der Waals surface area (Å²) in [5.74, 6) is -0.648. The number of rotatable bonds is 7. The van der Waals surface area contributed by atoms with Crippen LogP contribution in [0.4, 0.5) is 4.79 Å². The predicted octanol–water partition coefficient (Wildman–Crippen LogP) is 0.673. The van der Waals surface area contributed by atoms with Gasteiger partial charge in [-0.2, -0.15) is 0 Å². The molecule has 1 heterocycles. The Hall–Kier alpha value is -1.63. The van der Waals surface area contributed by atoms with Gasteiger partial charge in [0.1, 0.15) is 12.2 Å². The molecule has 0 saturated carbocycles. The monoisotopic (exact) mass is 300 g/mol. The van der Waals surface area contributed by atoms with E-state index in [1.807, 2.05) is 0 Å². The van der Waals surface area contributed by atoms with Gasteiger partial charge < -0.3 is 14.4 Å². The number of piperazine rings is 1. The van der Waals surface area contributed by atoms with Crippen molar-refractivity contribution in [3.63, 3.8) is 0 Å². The number of amides is 1. The molecule has 0 aliphatic carbocycles. The number of Topliss-reactive ketones (excluding diaryl/α,β-unsaturated/α-hetero) is 1. The highest BCUT2D eigenvalue weighted by Gasteiger charge is 2.21. The Kier molecular flexibility index (Phi) is 7.74. The molecule has 1 rings (SSSR count). The Bertz CT molecular complexity index is 364.